The second-order valence-corrected chi connectivity index (χ2v) is 10.1. The number of carbonyl (C=O) groups is 3. The molecule has 3 rings (SSSR count). The van der Waals surface area contributed by atoms with Crippen molar-refractivity contribution < 1.29 is 32.3 Å². The summed E-state index contributed by atoms with van der Waals surface area (Å²) in [4.78, 5) is 39.0. The number of ketones is 1. The van der Waals surface area contributed by atoms with E-state index in [1.165, 1.54) is 26.2 Å². The Morgan fingerprint density at radius 3 is 2.21 bits per heavy atom. The van der Waals surface area contributed by atoms with E-state index in [0.29, 0.717) is 0 Å². The smallest absolute Gasteiger partial charge is 0.339 e. The Balaban J connectivity index is 2.12. The van der Waals surface area contributed by atoms with Crippen LogP contribution in [0.5, 0.6) is 0 Å². The van der Waals surface area contributed by atoms with Crippen LogP contribution >= 0.6 is 0 Å². The maximum atomic E-state index is 13.2. The number of benzene rings is 1. The topological polar surface area (TPSA) is 107 Å². The summed E-state index contributed by atoms with van der Waals surface area (Å²) in [6, 6.07) is 7.94. The Morgan fingerprint density at radius 1 is 1.10 bits per heavy atom. The van der Waals surface area contributed by atoms with Crippen LogP contribution in [-0.4, -0.2) is 55.0 Å². The van der Waals surface area contributed by atoms with Crippen molar-refractivity contribution >= 4 is 27.5 Å². The molecule has 1 saturated heterocycles. The van der Waals surface area contributed by atoms with Crippen molar-refractivity contribution in [3.63, 3.8) is 0 Å². The monoisotopic (exact) mass is 421 g/mol. The van der Waals surface area contributed by atoms with E-state index in [9.17, 15) is 22.8 Å². The van der Waals surface area contributed by atoms with Crippen LogP contribution in [0.4, 0.5) is 0 Å². The van der Waals surface area contributed by atoms with Gasteiger partial charge in [-0.15, -0.1) is 0 Å². The van der Waals surface area contributed by atoms with Crippen molar-refractivity contribution in [1.29, 1.82) is 0 Å². The van der Waals surface area contributed by atoms with Crippen molar-refractivity contribution in [3.05, 3.63) is 47.2 Å². The van der Waals surface area contributed by atoms with E-state index in [2.05, 4.69) is 0 Å². The number of allylic oxidation sites excluding steroid dienone is 1. The Morgan fingerprint density at radius 2 is 1.69 bits per heavy atom. The third kappa shape index (κ3) is 3.28. The van der Waals surface area contributed by atoms with E-state index >= 15 is 0 Å². The quantitative estimate of drug-likeness (QED) is 0.538. The number of methoxy groups -OCH3 is 1. The van der Waals surface area contributed by atoms with E-state index in [1.807, 2.05) is 0 Å². The summed E-state index contributed by atoms with van der Waals surface area (Å²) in [7, 11) is -2.98. The fourth-order valence-corrected chi connectivity index (χ4v) is 5.58. The van der Waals surface area contributed by atoms with Gasteiger partial charge in [-0.2, -0.15) is 0 Å². The highest BCUT2D eigenvalue weighted by molar-refractivity contribution is 7.93. The van der Waals surface area contributed by atoms with E-state index in [4.69, 9.17) is 9.47 Å². The van der Waals surface area contributed by atoms with Gasteiger partial charge >= 0.3 is 5.97 Å². The van der Waals surface area contributed by atoms with Gasteiger partial charge in [0.2, 0.25) is 15.3 Å². The Labute approximate surface area is 169 Å². The lowest BCUT2D eigenvalue weighted by Gasteiger charge is -2.50. The molecule has 0 aliphatic carbocycles. The average Bonchev–Trinajstić information content (AvgIpc) is 2.65. The van der Waals surface area contributed by atoms with Gasteiger partial charge in [-0.05, 0) is 19.1 Å². The first kappa shape index (κ1) is 21.2. The van der Waals surface area contributed by atoms with Crippen LogP contribution in [0.1, 0.15) is 38.1 Å². The molecule has 2 heterocycles. The number of amides is 1. The van der Waals surface area contributed by atoms with Gasteiger partial charge in [0.25, 0.3) is 5.91 Å². The molecule has 9 heteroatoms. The molecule has 0 N–H and O–H groups in total. The molecule has 2 aliphatic rings. The van der Waals surface area contributed by atoms with E-state index in [1.54, 1.807) is 39.0 Å². The first-order valence-electron chi connectivity index (χ1n) is 9.03. The Hall–Kier alpha value is -2.52. The van der Waals surface area contributed by atoms with E-state index < -0.39 is 49.8 Å². The highest BCUT2D eigenvalue weighted by Gasteiger charge is 2.64. The summed E-state index contributed by atoms with van der Waals surface area (Å²) in [5.41, 5.74) is -2.44. The van der Waals surface area contributed by atoms with Crippen LogP contribution in [0.25, 0.3) is 0 Å². The largest absolute Gasteiger partial charge is 0.438 e. The lowest BCUT2D eigenvalue weighted by molar-refractivity contribution is -0.161. The predicted octanol–water partition coefficient (Wildman–Crippen LogP) is 1.67. The highest BCUT2D eigenvalue weighted by Crippen LogP contribution is 2.43. The number of nitrogens with zero attached hydrogens (tertiary/aromatic N) is 1. The molecular formula is C20H23NO7S. The van der Waals surface area contributed by atoms with E-state index in [0.717, 1.165) is 4.90 Å². The number of carbonyl (C=O) groups excluding carboxylic acids is 3. The minimum Gasteiger partial charge on any atom is -0.438 e. The van der Waals surface area contributed by atoms with Gasteiger partial charge in [0.15, 0.2) is 17.3 Å². The molecule has 0 spiro atoms. The SMILES string of the molecule is CO[C@H]1C(=O)N2C(C(=O)C(C)(C)C)=C(C)C(OC(=O)c3ccccc3)S(=O)(=O)[C@H]12. The molecule has 0 bridgehead atoms. The molecule has 0 aromatic heterocycles. The first-order chi connectivity index (χ1) is 13.4. The normalized spacial score (nSPS) is 25.9. The van der Waals surface area contributed by atoms with Gasteiger partial charge in [-0.1, -0.05) is 39.0 Å². The molecular weight excluding hydrogens is 398 g/mol. The number of hydrogen-bond acceptors (Lipinski definition) is 7. The summed E-state index contributed by atoms with van der Waals surface area (Å²) in [5.74, 6) is -1.87. The van der Waals surface area contributed by atoms with Crippen molar-refractivity contribution in [2.45, 2.75) is 44.6 Å². The molecule has 3 atom stereocenters. The zero-order chi connectivity index (χ0) is 21.7. The highest BCUT2D eigenvalue weighted by atomic mass is 32.2. The summed E-state index contributed by atoms with van der Waals surface area (Å²) < 4.78 is 36.8. The van der Waals surface area contributed by atoms with Gasteiger partial charge in [-0.3, -0.25) is 14.5 Å². The number of β-lactam (4-membered cyclic amide) rings is 1. The number of esters is 1. The van der Waals surface area contributed by atoms with Crippen molar-refractivity contribution in [3.8, 4) is 0 Å². The van der Waals surface area contributed by atoms with Crippen LogP contribution in [0, 0.1) is 5.41 Å². The van der Waals surface area contributed by atoms with E-state index in [-0.39, 0.29) is 16.8 Å². The fraction of sp³-hybridized carbons (Fsp3) is 0.450. The van der Waals surface area contributed by atoms with Gasteiger partial charge in [-0.25, -0.2) is 13.2 Å². The lowest BCUT2D eigenvalue weighted by atomic mass is 9.85. The van der Waals surface area contributed by atoms with Crippen LogP contribution in [0.15, 0.2) is 41.6 Å². The molecule has 8 nitrogen and oxygen atoms in total. The van der Waals surface area contributed by atoms with Crippen molar-refractivity contribution in [1.82, 2.24) is 4.90 Å². The second kappa shape index (κ2) is 7.07. The van der Waals surface area contributed by atoms with Crippen molar-refractivity contribution in [2.75, 3.05) is 7.11 Å². The summed E-state index contributed by atoms with van der Waals surface area (Å²) in [6.07, 6.45) is -1.26. The molecule has 0 radical (unpaired) electrons. The zero-order valence-electron chi connectivity index (χ0n) is 16.8. The van der Waals surface area contributed by atoms with Gasteiger partial charge < -0.3 is 9.47 Å². The molecule has 1 aromatic carbocycles. The number of Topliss-reactive ketones (excluding diaryl/α,β-unsaturated/α-hetero) is 1. The summed E-state index contributed by atoms with van der Waals surface area (Å²) >= 11 is 0. The predicted molar refractivity (Wildman–Crippen MR) is 103 cm³/mol. The molecule has 1 unspecified atom stereocenters. The van der Waals surface area contributed by atoms with Gasteiger partial charge in [0, 0.05) is 18.1 Å². The van der Waals surface area contributed by atoms with Gasteiger partial charge in [0.05, 0.1) is 11.3 Å². The molecule has 1 amide bonds. The molecule has 0 saturated carbocycles. The maximum absolute atomic E-state index is 13.2. The maximum Gasteiger partial charge on any atom is 0.339 e. The van der Waals surface area contributed by atoms with Gasteiger partial charge in [0.1, 0.15) is 0 Å². The third-order valence-corrected chi connectivity index (χ3v) is 7.15. The summed E-state index contributed by atoms with van der Waals surface area (Å²) in [6.45, 7) is 6.38. The number of hydrogen-bond donors (Lipinski definition) is 0. The molecule has 156 valence electrons. The molecule has 2 aliphatic heterocycles. The minimum atomic E-state index is -4.20. The summed E-state index contributed by atoms with van der Waals surface area (Å²) in [5, 5.41) is -1.42. The number of fused-ring (bicyclic) bond motifs is 1. The minimum absolute atomic E-state index is 0.00774. The Bertz CT molecular complexity index is 1010. The Kier molecular flexibility index (Phi) is 5.17. The van der Waals surface area contributed by atoms with Crippen LogP contribution in [-0.2, 0) is 28.9 Å². The van der Waals surface area contributed by atoms with Crippen LogP contribution in [0.2, 0.25) is 0 Å². The first-order valence-corrected chi connectivity index (χ1v) is 10.6. The third-order valence-electron chi connectivity index (χ3n) is 4.97. The van der Waals surface area contributed by atoms with Crippen molar-refractivity contribution in [2.24, 2.45) is 5.41 Å². The molecule has 1 fully saturated rings. The van der Waals surface area contributed by atoms with Crippen LogP contribution in [0.3, 0.4) is 0 Å². The van der Waals surface area contributed by atoms with Crippen LogP contribution < -0.4 is 0 Å². The number of rotatable bonds is 4. The lowest BCUT2D eigenvalue weighted by Crippen LogP contribution is -2.72. The fourth-order valence-electron chi connectivity index (χ4n) is 3.42. The molecule has 1 aromatic rings. The molecule has 29 heavy (non-hydrogen) atoms. The zero-order valence-corrected chi connectivity index (χ0v) is 17.6. The number of ether oxygens (including phenoxy) is 2. The second-order valence-electron chi connectivity index (χ2n) is 8.06. The number of sulfone groups is 1. The standard InChI is InChI=1S/C20H23NO7S/c1-11-13(15(22)20(2,3)4)21-16(23)14(27-5)17(21)29(25,26)19(11)28-18(24)12-9-7-6-8-10-12/h6-10,14,17,19H,1-5H3/t14-,17+,19?/m0/s1. The average molecular weight is 421 g/mol.